The Hall–Kier alpha value is -2.30. The summed E-state index contributed by atoms with van der Waals surface area (Å²) in [6, 6.07) is 7.66. The number of carbonyl (C=O) groups is 1. The summed E-state index contributed by atoms with van der Waals surface area (Å²) in [5.74, 6) is 0.673. The van der Waals surface area contributed by atoms with Gasteiger partial charge in [0.1, 0.15) is 5.75 Å². The molecule has 0 fully saturated rings. The standard InChI is InChI=1S/C16H21N3O2/c1-10(2)21-14-7-5-6-13(8-14)11(3)18-16(20)15-9-17-19-12(15)4/h5-11H,1-4H3,(H,17,19)(H,18,20). The smallest absolute Gasteiger partial charge is 0.255 e. The maximum Gasteiger partial charge on any atom is 0.255 e. The van der Waals surface area contributed by atoms with Crippen molar-refractivity contribution in [1.82, 2.24) is 15.5 Å². The molecule has 0 bridgehead atoms. The van der Waals surface area contributed by atoms with Gasteiger partial charge in [-0.3, -0.25) is 9.89 Å². The zero-order valence-electron chi connectivity index (χ0n) is 12.8. The number of aromatic nitrogens is 2. The van der Waals surface area contributed by atoms with E-state index in [4.69, 9.17) is 4.74 Å². The molecule has 1 heterocycles. The van der Waals surface area contributed by atoms with Gasteiger partial charge >= 0.3 is 0 Å². The van der Waals surface area contributed by atoms with E-state index in [9.17, 15) is 4.79 Å². The Morgan fingerprint density at radius 3 is 2.71 bits per heavy atom. The Kier molecular flexibility index (Phi) is 4.62. The van der Waals surface area contributed by atoms with Crippen LogP contribution in [0.15, 0.2) is 30.5 Å². The molecule has 0 saturated heterocycles. The molecular formula is C16H21N3O2. The van der Waals surface area contributed by atoms with Crippen molar-refractivity contribution in [3.63, 3.8) is 0 Å². The van der Waals surface area contributed by atoms with Gasteiger partial charge in [-0.1, -0.05) is 12.1 Å². The van der Waals surface area contributed by atoms with Gasteiger partial charge in [-0.25, -0.2) is 0 Å². The van der Waals surface area contributed by atoms with Gasteiger partial charge in [0, 0.05) is 5.69 Å². The number of ether oxygens (including phenoxy) is 1. The second-order valence-corrected chi connectivity index (χ2v) is 5.34. The fraction of sp³-hybridized carbons (Fsp3) is 0.375. The quantitative estimate of drug-likeness (QED) is 0.888. The van der Waals surface area contributed by atoms with Crippen LogP contribution >= 0.6 is 0 Å². The number of hydrogen-bond acceptors (Lipinski definition) is 3. The Morgan fingerprint density at radius 1 is 1.33 bits per heavy atom. The zero-order valence-corrected chi connectivity index (χ0v) is 12.8. The van der Waals surface area contributed by atoms with E-state index in [1.54, 1.807) is 0 Å². The molecular weight excluding hydrogens is 266 g/mol. The van der Waals surface area contributed by atoms with Gasteiger partial charge in [0.05, 0.1) is 23.9 Å². The van der Waals surface area contributed by atoms with E-state index >= 15 is 0 Å². The first-order valence-electron chi connectivity index (χ1n) is 7.05. The third-order valence-corrected chi connectivity index (χ3v) is 3.15. The number of benzene rings is 1. The van der Waals surface area contributed by atoms with Crippen LogP contribution in [0.5, 0.6) is 5.75 Å². The lowest BCUT2D eigenvalue weighted by Gasteiger charge is -2.16. The summed E-state index contributed by atoms with van der Waals surface area (Å²) in [4.78, 5) is 12.2. The molecule has 0 aliphatic carbocycles. The first-order valence-corrected chi connectivity index (χ1v) is 7.05. The van der Waals surface area contributed by atoms with E-state index < -0.39 is 0 Å². The summed E-state index contributed by atoms with van der Waals surface area (Å²) in [5.41, 5.74) is 2.33. The first-order chi connectivity index (χ1) is 9.97. The predicted octanol–water partition coefficient (Wildman–Crippen LogP) is 3.00. The van der Waals surface area contributed by atoms with Gasteiger partial charge in [0.15, 0.2) is 0 Å². The van der Waals surface area contributed by atoms with Crippen LogP contribution in [0.25, 0.3) is 0 Å². The van der Waals surface area contributed by atoms with Crippen molar-refractivity contribution >= 4 is 5.91 Å². The summed E-state index contributed by atoms with van der Waals surface area (Å²) in [6.45, 7) is 7.74. The molecule has 0 spiro atoms. The van der Waals surface area contributed by atoms with Gasteiger partial charge in [-0.05, 0) is 45.4 Å². The second kappa shape index (κ2) is 6.43. The van der Waals surface area contributed by atoms with Gasteiger partial charge in [0.2, 0.25) is 0 Å². The maximum atomic E-state index is 12.2. The lowest BCUT2D eigenvalue weighted by atomic mass is 10.1. The van der Waals surface area contributed by atoms with E-state index in [0.29, 0.717) is 5.56 Å². The van der Waals surface area contributed by atoms with Gasteiger partial charge in [0.25, 0.3) is 5.91 Å². The number of hydrogen-bond donors (Lipinski definition) is 2. The summed E-state index contributed by atoms with van der Waals surface area (Å²) in [6.07, 6.45) is 1.66. The van der Waals surface area contributed by atoms with Crippen molar-refractivity contribution in [3.05, 3.63) is 47.3 Å². The minimum Gasteiger partial charge on any atom is -0.491 e. The summed E-state index contributed by atoms with van der Waals surface area (Å²) in [7, 11) is 0. The molecule has 2 N–H and O–H groups in total. The lowest BCUT2D eigenvalue weighted by molar-refractivity contribution is 0.0939. The fourth-order valence-corrected chi connectivity index (χ4v) is 2.07. The zero-order chi connectivity index (χ0) is 15.4. The van der Waals surface area contributed by atoms with E-state index in [2.05, 4.69) is 15.5 Å². The van der Waals surface area contributed by atoms with E-state index in [1.165, 1.54) is 6.20 Å². The molecule has 0 saturated carbocycles. The van der Waals surface area contributed by atoms with Crippen LogP contribution in [0.2, 0.25) is 0 Å². The molecule has 0 radical (unpaired) electrons. The number of nitrogens with zero attached hydrogens (tertiary/aromatic N) is 1. The number of H-pyrrole nitrogens is 1. The van der Waals surface area contributed by atoms with Gasteiger partial charge in [-0.15, -0.1) is 0 Å². The number of rotatable bonds is 5. The summed E-state index contributed by atoms with van der Waals surface area (Å²) in [5, 5.41) is 9.59. The number of aryl methyl sites for hydroxylation is 1. The van der Waals surface area contributed by atoms with Crippen LogP contribution in [0.4, 0.5) is 0 Å². The minimum atomic E-state index is -0.135. The maximum absolute atomic E-state index is 12.2. The molecule has 2 aromatic rings. The Bertz CT molecular complexity index is 619. The second-order valence-electron chi connectivity index (χ2n) is 5.34. The monoisotopic (exact) mass is 287 g/mol. The van der Waals surface area contributed by atoms with Crippen molar-refractivity contribution < 1.29 is 9.53 Å². The largest absolute Gasteiger partial charge is 0.491 e. The average molecular weight is 287 g/mol. The third kappa shape index (κ3) is 3.84. The highest BCUT2D eigenvalue weighted by molar-refractivity contribution is 5.95. The molecule has 0 aliphatic heterocycles. The molecule has 1 aromatic heterocycles. The SMILES string of the molecule is Cc1[nH]ncc1C(=O)NC(C)c1cccc(OC(C)C)c1. The lowest BCUT2D eigenvalue weighted by Crippen LogP contribution is -2.26. The van der Waals surface area contributed by atoms with Crippen molar-refractivity contribution in [2.24, 2.45) is 0 Å². The van der Waals surface area contributed by atoms with Crippen molar-refractivity contribution in [2.75, 3.05) is 0 Å². The van der Waals surface area contributed by atoms with Crippen LogP contribution in [0.3, 0.4) is 0 Å². The van der Waals surface area contributed by atoms with Crippen LogP contribution in [0.1, 0.15) is 48.4 Å². The summed E-state index contributed by atoms with van der Waals surface area (Å²) >= 11 is 0. The highest BCUT2D eigenvalue weighted by atomic mass is 16.5. The van der Waals surface area contributed by atoms with E-state index in [1.807, 2.05) is 52.0 Å². The van der Waals surface area contributed by atoms with Gasteiger partial charge in [-0.2, -0.15) is 5.10 Å². The molecule has 21 heavy (non-hydrogen) atoms. The van der Waals surface area contributed by atoms with Crippen LogP contribution in [0, 0.1) is 6.92 Å². The molecule has 1 amide bonds. The average Bonchev–Trinajstić information content (AvgIpc) is 2.84. The summed E-state index contributed by atoms with van der Waals surface area (Å²) < 4.78 is 5.67. The van der Waals surface area contributed by atoms with Gasteiger partial charge < -0.3 is 10.1 Å². The molecule has 112 valence electrons. The van der Waals surface area contributed by atoms with Crippen LogP contribution in [-0.4, -0.2) is 22.2 Å². The van der Waals surface area contributed by atoms with Crippen LogP contribution in [-0.2, 0) is 0 Å². The van der Waals surface area contributed by atoms with Crippen molar-refractivity contribution in [3.8, 4) is 5.75 Å². The minimum absolute atomic E-state index is 0.109. The molecule has 1 aromatic carbocycles. The Morgan fingerprint density at radius 2 is 2.10 bits per heavy atom. The highest BCUT2D eigenvalue weighted by Gasteiger charge is 2.15. The van der Waals surface area contributed by atoms with Crippen molar-refractivity contribution in [1.29, 1.82) is 0 Å². The van der Waals surface area contributed by atoms with E-state index in [0.717, 1.165) is 17.0 Å². The molecule has 5 nitrogen and oxygen atoms in total. The number of nitrogens with one attached hydrogen (secondary N) is 2. The Labute approximate surface area is 124 Å². The highest BCUT2D eigenvalue weighted by Crippen LogP contribution is 2.20. The topological polar surface area (TPSA) is 67.0 Å². The molecule has 2 rings (SSSR count). The third-order valence-electron chi connectivity index (χ3n) is 3.15. The Balaban J connectivity index is 2.08. The normalized spacial score (nSPS) is 12.2. The molecule has 1 atom stereocenters. The molecule has 1 unspecified atom stereocenters. The number of aromatic amines is 1. The predicted molar refractivity (Wildman–Crippen MR) is 81.4 cm³/mol. The molecule has 5 heteroatoms. The van der Waals surface area contributed by atoms with Crippen LogP contribution < -0.4 is 10.1 Å². The first kappa shape index (κ1) is 15.1. The van der Waals surface area contributed by atoms with E-state index in [-0.39, 0.29) is 18.1 Å². The number of carbonyl (C=O) groups excluding carboxylic acids is 1. The van der Waals surface area contributed by atoms with Crippen molar-refractivity contribution in [2.45, 2.75) is 39.8 Å². The molecule has 0 aliphatic rings. The fourth-order valence-electron chi connectivity index (χ4n) is 2.07. The number of amides is 1.